The van der Waals surface area contributed by atoms with Crippen molar-refractivity contribution in [1.29, 1.82) is 0 Å². The number of hydrazine groups is 1. The van der Waals surface area contributed by atoms with Crippen LogP contribution in [0.3, 0.4) is 0 Å². The van der Waals surface area contributed by atoms with Gasteiger partial charge in [-0.15, -0.1) is 0 Å². The van der Waals surface area contributed by atoms with Crippen LogP contribution in [0.4, 0.5) is 0 Å². The lowest BCUT2D eigenvalue weighted by Gasteiger charge is -2.08. The molecule has 0 saturated carbocycles. The molecule has 2 aromatic carbocycles. The van der Waals surface area contributed by atoms with Gasteiger partial charge in [0, 0.05) is 22.7 Å². The number of amides is 2. The molecule has 2 amide bonds. The highest BCUT2D eigenvalue weighted by Gasteiger charge is 2.14. The molecule has 0 fully saturated rings. The quantitative estimate of drug-likeness (QED) is 0.686. The van der Waals surface area contributed by atoms with Gasteiger partial charge in [0.1, 0.15) is 0 Å². The van der Waals surface area contributed by atoms with E-state index >= 15 is 0 Å². The fourth-order valence-electron chi connectivity index (χ4n) is 1.92. The molecule has 7 nitrogen and oxygen atoms in total. The van der Waals surface area contributed by atoms with Gasteiger partial charge in [0.05, 0.1) is 4.90 Å². The van der Waals surface area contributed by atoms with Crippen molar-refractivity contribution in [2.75, 3.05) is 6.54 Å². The molecule has 0 spiro atoms. The Morgan fingerprint density at radius 3 is 1.76 bits per heavy atom. The molecular weight excluding hydrogens is 366 g/mol. The molecule has 0 aliphatic heterocycles. The summed E-state index contributed by atoms with van der Waals surface area (Å²) in [4.78, 5) is 24.0. The number of rotatable bonds is 5. The summed E-state index contributed by atoms with van der Waals surface area (Å²) in [6.45, 7) is 1.93. The Hall–Kier alpha value is -2.42. The molecule has 0 aliphatic rings. The summed E-state index contributed by atoms with van der Waals surface area (Å²) in [5.74, 6) is -1.08. The molecule has 0 heterocycles. The molecule has 0 atom stereocenters. The zero-order valence-electron chi connectivity index (χ0n) is 13.2. The minimum atomic E-state index is -3.58. The van der Waals surface area contributed by atoms with E-state index in [0.29, 0.717) is 10.6 Å². The predicted octanol–water partition coefficient (Wildman–Crippen LogP) is 1.71. The second-order valence-electron chi connectivity index (χ2n) is 4.94. The van der Waals surface area contributed by atoms with Gasteiger partial charge in [0.15, 0.2) is 0 Å². The molecule has 2 aromatic rings. The SMILES string of the molecule is CCNS(=O)(=O)c1ccc(C(=O)NNC(=O)c2ccc(Cl)cc2)cc1. The lowest BCUT2D eigenvalue weighted by Crippen LogP contribution is -2.41. The van der Waals surface area contributed by atoms with Crippen LogP contribution in [0.1, 0.15) is 27.6 Å². The van der Waals surface area contributed by atoms with Crippen molar-refractivity contribution in [1.82, 2.24) is 15.6 Å². The van der Waals surface area contributed by atoms with Gasteiger partial charge in [0.2, 0.25) is 10.0 Å². The van der Waals surface area contributed by atoms with E-state index in [1.807, 2.05) is 0 Å². The summed E-state index contributed by atoms with van der Waals surface area (Å²) < 4.78 is 26.0. The van der Waals surface area contributed by atoms with Crippen LogP contribution >= 0.6 is 11.6 Å². The van der Waals surface area contributed by atoms with Crippen molar-refractivity contribution < 1.29 is 18.0 Å². The molecule has 0 aromatic heterocycles. The third kappa shape index (κ3) is 5.02. The van der Waals surface area contributed by atoms with Crippen LogP contribution in [-0.4, -0.2) is 26.8 Å². The number of sulfonamides is 1. The van der Waals surface area contributed by atoms with Crippen LogP contribution in [0.5, 0.6) is 0 Å². The van der Waals surface area contributed by atoms with Crippen molar-refractivity contribution in [3.8, 4) is 0 Å². The Morgan fingerprint density at radius 2 is 1.32 bits per heavy atom. The average molecular weight is 382 g/mol. The van der Waals surface area contributed by atoms with E-state index in [-0.39, 0.29) is 17.0 Å². The van der Waals surface area contributed by atoms with E-state index < -0.39 is 21.8 Å². The highest BCUT2D eigenvalue weighted by molar-refractivity contribution is 7.89. The number of carbonyl (C=O) groups excluding carboxylic acids is 2. The molecule has 0 unspecified atom stereocenters. The fraction of sp³-hybridized carbons (Fsp3) is 0.125. The zero-order valence-corrected chi connectivity index (χ0v) is 14.8. The molecule has 2 rings (SSSR count). The second kappa shape index (κ2) is 8.11. The molecular formula is C16H16ClN3O4S. The van der Waals surface area contributed by atoms with Crippen LogP contribution in [0.25, 0.3) is 0 Å². The van der Waals surface area contributed by atoms with Crippen molar-refractivity contribution in [3.05, 3.63) is 64.7 Å². The number of benzene rings is 2. The van der Waals surface area contributed by atoms with E-state index in [1.54, 1.807) is 19.1 Å². The van der Waals surface area contributed by atoms with Gasteiger partial charge in [-0.1, -0.05) is 18.5 Å². The summed E-state index contributed by atoms with van der Waals surface area (Å²) in [7, 11) is -3.58. The van der Waals surface area contributed by atoms with Gasteiger partial charge < -0.3 is 0 Å². The molecule has 25 heavy (non-hydrogen) atoms. The molecule has 0 aliphatic carbocycles. The van der Waals surface area contributed by atoms with Crippen molar-refractivity contribution >= 4 is 33.4 Å². The zero-order chi connectivity index (χ0) is 18.4. The van der Waals surface area contributed by atoms with Gasteiger partial charge in [-0.3, -0.25) is 20.4 Å². The van der Waals surface area contributed by atoms with E-state index in [1.165, 1.54) is 36.4 Å². The van der Waals surface area contributed by atoms with Crippen LogP contribution in [0.2, 0.25) is 5.02 Å². The highest BCUT2D eigenvalue weighted by Crippen LogP contribution is 2.11. The van der Waals surface area contributed by atoms with E-state index in [9.17, 15) is 18.0 Å². The van der Waals surface area contributed by atoms with Gasteiger partial charge in [-0.2, -0.15) is 0 Å². The Morgan fingerprint density at radius 1 is 0.880 bits per heavy atom. The van der Waals surface area contributed by atoms with Crippen molar-refractivity contribution in [2.24, 2.45) is 0 Å². The van der Waals surface area contributed by atoms with E-state index in [0.717, 1.165) is 0 Å². The smallest absolute Gasteiger partial charge is 0.267 e. The fourth-order valence-corrected chi connectivity index (χ4v) is 3.09. The summed E-state index contributed by atoms with van der Waals surface area (Å²) in [5.41, 5.74) is 5.06. The monoisotopic (exact) mass is 381 g/mol. The predicted molar refractivity (Wildman–Crippen MR) is 93.7 cm³/mol. The summed E-state index contributed by atoms with van der Waals surface area (Å²) >= 11 is 5.74. The minimum absolute atomic E-state index is 0.0519. The largest absolute Gasteiger partial charge is 0.269 e. The van der Waals surface area contributed by atoms with Crippen LogP contribution < -0.4 is 15.6 Å². The molecule has 0 bridgehead atoms. The van der Waals surface area contributed by atoms with Crippen LogP contribution in [0, 0.1) is 0 Å². The number of nitrogens with one attached hydrogen (secondary N) is 3. The third-order valence-electron chi connectivity index (χ3n) is 3.16. The summed E-state index contributed by atoms with van der Waals surface area (Å²) in [6, 6.07) is 11.5. The number of hydrogen-bond donors (Lipinski definition) is 3. The summed E-state index contributed by atoms with van der Waals surface area (Å²) in [6.07, 6.45) is 0. The van der Waals surface area contributed by atoms with Crippen molar-refractivity contribution in [3.63, 3.8) is 0 Å². The second-order valence-corrected chi connectivity index (χ2v) is 7.14. The number of halogens is 1. The van der Waals surface area contributed by atoms with Gasteiger partial charge in [-0.05, 0) is 48.5 Å². The maximum atomic E-state index is 12.0. The first-order valence-electron chi connectivity index (χ1n) is 7.29. The molecule has 0 radical (unpaired) electrons. The Labute approximate surface area is 150 Å². The Kier molecular flexibility index (Phi) is 6.13. The average Bonchev–Trinajstić information content (AvgIpc) is 2.60. The standard InChI is InChI=1S/C16H16ClN3O4S/c1-2-18-25(23,24)14-9-5-12(6-10-14)16(22)20-19-15(21)11-3-7-13(17)8-4-11/h3-10,18H,2H2,1H3,(H,19,21)(H,20,22). The summed E-state index contributed by atoms with van der Waals surface area (Å²) in [5, 5.41) is 0.494. The molecule has 3 N–H and O–H groups in total. The first-order valence-corrected chi connectivity index (χ1v) is 9.15. The third-order valence-corrected chi connectivity index (χ3v) is 4.97. The van der Waals surface area contributed by atoms with E-state index in [2.05, 4.69) is 15.6 Å². The number of carbonyl (C=O) groups is 2. The Balaban J connectivity index is 1.99. The molecule has 132 valence electrons. The highest BCUT2D eigenvalue weighted by atomic mass is 35.5. The van der Waals surface area contributed by atoms with Gasteiger partial charge in [0.25, 0.3) is 11.8 Å². The maximum absolute atomic E-state index is 12.0. The van der Waals surface area contributed by atoms with Crippen molar-refractivity contribution in [2.45, 2.75) is 11.8 Å². The number of hydrogen-bond acceptors (Lipinski definition) is 4. The van der Waals surface area contributed by atoms with Gasteiger partial charge in [-0.25, -0.2) is 13.1 Å². The topological polar surface area (TPSA) is 104 Å². The van der Waals surface area contributed by atoms with Gasteiger partial charge >= 0.3 is 0 Å². The molecule has 9 heteroatoms. The normalized spacial score (nSPS) is 11.0. The molecule has 0 saturated heterocycles. The first kappa shape index (κ1) is 18.9. The van der Waals surface area contributed by atoms with Crippen LogP contribution in [-0.2, 0) is 10.0 Å². The maximum Gasteiger partial charge on any atom is 0.269 e. The lowest BCUT2D eigenvalue weighted by atomic mass is 10.2. The Bertz CT molecular complexity index is 865. The van der Waals surface area contributed by atoms with E-state index in [4.69, 9.17) is 11.6 Å². The first-order chi connectivity index (χ1) is 11.8. The minimum Gasteiger partial charge on any atom is -0.267 e. The van der Waals surface area contributed by atoms with Crippen LogP contribution in [0.15, 0.2) is 53.4 Å². The lowest BCUT2D eigenvalue weighted by molar-refractivity contribution is 0.0846.